The molecule has 3 aromatic rings. The zero-order valence-corrected chi connectivity index (χ0v) is 15.5. The van der Waals surface area contributed by atoms with E-state index in [2.05, 4.69) is 17.0 Å². The SMILES string of the molecule is Cc1[nH]c2ccc(C(=O)N3CCn4nc(CCC(=O)O)cc4C3)cc2c1C. The molecular weight excluding hydrogens is 344 g/mol. The van der Waals surface area contributed by atoms with E-state index in [4.69, 9.17) is 5.11 Å². The van der Waals surface area contributed by atoms with Gasteiger partial charge in [-0.2, -0.15) is 5.10 Å². The third-order valence-corrected chi connectivity index (χ3v) is 5.29. The lowest BCUT2D eigenvalue weighted by atomic mass is 10.1. The Kier molecular flexibility index (Phi) is 4.22. The van der Waals surface area contributed by atoms with Crippen molar-refractivity contribution < 1.29 is 14.7 Å². The van der Waals surface area contributed by atoms with Crippen molar-refractivity contribution in [1.82, 2.24) is 19.7 Å². The molecule has 1 aliphatic heterocycles. The lowest BCUT2D eigenvalue weighted by Crippen LogP contribution is -2.38. The predicted octanol–water partition coefficient (Wildman–Crippen LogP) is 2.65. The lowest BCUT2D eigenvalue weighted by molar-refractivity contribution is -0.136. The molecule has 3 heterocycles. The molecule has 0 spiro atoms. The van der Waals surface area contributed by atoms with Crippen LogP contribution in [0.5, 0.6) is 0 Å². The average molecular weight is 366 g/mol. The number of H-pyrrole nitrogens is 1. The summed E-state index contributed by atoms with van der Waals surface area (Å²) in [5.74, 6) is -0.821. The Morgan fingerprint density at radius 2 is 2.04 bits per heavy atom. The van der Waals surface area contributed by atoms with E-state index in [9.17, 15) is 9.59 Å². The number of nitrogens with zero attached hydrogens (tertiary/aromatic N) is 3. The van der Waals surface area contributed by atoms with Crippen molar-refractivity contribution in [2.45, 2.75) is 39.8 Å². The maximum absolute atomic E-state index is 13.0. The van der Waals surface area contributed by atoms with Crippen molar-refractivity contribution >= 4 is 22.8 Å². The Hall–Kier alpha value is -3.09. The van der Waals surface area contributed by atoms with E-state index in [0.717, 1.165) is 28.0 Å². The van der Waals surface area contributed by atoms with Gasteiger partial charge in [0.2, 0.25) is 0 Å². The Balaban J connectivity index is 1.54. The molecule has 0 fully saturated rings. The highest BCUT2D eigenvalue weighted by molar-refractivity contribution is 5.99. The first-order valence-corrected chi connectivity index (χ1v) is 9.08. The molecule has 1 aromatic carbocycles. The summed E-state index contributed by atoms with van der Waals surface area (Å²) in [6.45, 7) is 5.79. The molecule has 7 heteroatoms. The van der Waals surface area contributed by atoms with Crippen molar-refractivity contribution in [3.63, 3.8) is 0 Å². The second-order valence-corrected chi connectivity index (χ2v) is 7.11. The van der Waals surface area contributed by atoms with Gasteiger partial charge in [-0.1, -0.05) is 0 Å². The topological polar surface area (TPSA) is 91.2 Å². The van der Waals surface area contributed by atoms with Crippen LogP contribution < -0.4 is 0 Å². The van der Waals surface area contributed by atoms with E-state index in [0.29, 0.717) is 31.6 Å². The number of rotatable bonds is 4. The van der Waals surface area contributed by atoms with Crippen molar-refractivity contribution in [1.29, 1.82) is 0 Å². The Labute approximate surface area is 156 Å². The third kappa shape index (κ3) is 3.20. The van der Waals surface area contributed by atoms with Gasteiger partial charge in [-0.25, -0.2) is 0 Å². The van der Waals surface area contributed by atoms with Crippen LogP contribution in [0.25, 0.3) is 10.9 Å². The number of hydrogen-bond acceptors (Lipinski definition) is 3. The summed E-state index contributed by atoms with van der Waals surface area (Å²) in [5, 5.41) is 14.4. The molecule has 0 aliphatic carbocycles. The number of benzene rings is 1. The first kappa shape index (κ1) is 17.3. The first-order chi connectivity index (χ1) is 12.9. The van der Waals surface area contributed by atoms with Gasteiger partial charge in [-0.05, 0) is 43.7 Å². The smallest absolute Gasteiger partial charge is 0.303 e. The Morgan fingerprint density at radius 1 is 1.22 bits per heavy atom. The molecule has 0 unspecified atom stereocenters. The van der Waals surface area contributed by atoms with Crippen LogP contribution >= 0.6 is 0 Å². The maximum atomic E-state index is 13.0. The number of aliphatic carboxylic acids is 1. The van der Waals surface area contributed by atoms with Gasteiger partial charge >= 0.3 is 5.97 Å². The number of amides is 1. The molecule has 7 nitrogen and oxygen atoms in total. The minimum atomic E-state index is -0.830. The number of nitrogens with one attached hydrogen (secondary N) is 1. The zero-order valence-electron chi connectivity index (χ0n) is 15.5. The first-order valence-electron chi connectivity index (χ1n) is 9.08. The second-order valence-electron chi connectivity index (χ2n) is 7.11. The molecule has 4 rings (SSSR count). The van der Waals surface area contributed by atoms with Crippen LogP contribution in [0.15, 0.2) is 24.3 Å². The average Bonchev–Trinajstić information content (AvgIpc) is 3.19. The monoisotopic (exact) mass is 366 g/mol. The van der Waals surface area contributed by atoms with E-state index in [1.54, 1.807) is 0 Å². The van der Waals surface area contributed by atoms with E-state index in [1.807, 2.05) is 40.8 Å². The standard InChI is InChI=1S/C20H22N4O3/c1-12-13(2)21-18-5-3-14(9-17(12)18)20(27)23-7-8-24-16(11-23)10-15(22-24)4-6-19(25)26/h3,5,9-10,21H,4,6-8,11H2,1-2H3,(H,25,26). The molecular formula is C20H22N4O3. The number of aromatic amines is 1. The third-order valence-electron chi connectivity index (χ3n) is 5.29. The summed E-state index contributed by atoms with van der Waals surface area (Å²) in [7, 11) is 0. The number of aryl methyl sites for hydroxylation is 3. The lowest BCUT2D eigenvalue weighted by Gasteiger charge is -2.27. The fourth-order valence-electron chi connectivity index (χ4n) is 3.63. The molecule has 1 amide bonds. The summed E-state index contributed by atoms with van der Waals surface area (Å²) >= 11 is 0. The molecule has 0 radical (unpaired) electrons. The number of carbonyl (C=O) groups is 2. The summed E-state index contributed by atoms with van der Waals surface area (Å²) < 4.78 is 1.88. The fourth-order valence-corrected chi connectivity index (χ4v) is 3.63. The van der Waals surface area contributed by atoms with Crippen molar-refractivity contribution in [2.24, 2.45) is 0 Å². The van der Waals surface area contributed by atoms with Crippen LogP contribution in [0.2, 0.25) is 0 Å². The largest absolute Gasteiger partial charge is 0.481 e. The van der Waals surface area contributed by atoms with Crippen molar-refractivity contribution in [3.05, 3.63) is 52.5 Å². The predicted molar refractivity (Wildman–Crippen MR) is 101 cm³/mol. The maximum Gasteiger partial charge on any atom is 0.303 e. The van der Waals surface area contributed by atoms with Gasteiger partial charge in [0.25, 0.3) is 5.91 Å². The van der Waals surface area contributed by atoms with Crippen LogP contribution in [-0.2, 0) is 24.3 Å². The van der Waals surface area contributed by atoms with Crippen LogP contribution in [-0.4, -0.2) is 43.2 Å². The molecule has 1 aliphatic rings. The van der Waals surface area contributed by atoms with Gasteiger partial charge in [-0.3, -0.25) is 14.3 Å². The number of carbonyl (C=O) groups excluding carboxylic acids is 1. The molecule has 27 heavy (non-hydrogen) atoms. The number of fused-ring (bicyclic) bond motifs is 2. The van der Waals surface area contributed by atoms with Crippen molar-refractivity contribution in [3.8, 4) is 0 Å². The van der Waals surface area contributed by atoms with E-state index in [1.165, 1.54) is 5.56 Å². The van der Waals surface area contributed by atoms with Crippen molar-refractivity contribution in [2.75, 3.05) is 6.54 Å². The molecule has 140 valence electrons. The van der Waals surface area contributed by atoms with E-state index < -0.39 is 5.97 Å². The van der Waals surface area contributed by atoms with Gasteiger partial charge in [0.15, 0.2) is 0 Å². The Bertz CT molecular complexity index is 1050. The number of carboxylic acids is 1. The molecule has 0 saturated carbocycles. The molecule has 2 aromatic heterocycles. The quantitative estimate of drug-likeness (QED) is 0.743. The zero-order chi connectivity index (χ0) is 19.1. The van der Waals surface area contributed by atoms with Gasteiger partial charge in [0.1, 0.15) is 0 Å². The summed E-state index contributed by atoms with van der Waals surface area (Å²) in [4.78, 5) is 28.9. The minimum absolute atomic E-state index is 0.00897. The second kappa shape index (κ2) is 6.57. The number of aromatic nitrogens is 3. The van der Waals surface area contributed by atoms with Crippen LogP contribution in [0.4, 0.5) is 0 Å². The van der Waals surface area contributed by atoms with Crippen LogP contribution in [0, 0.1) is 13.8 Å². The fraction of sp³-hybridized carbons (Fsp3) is 0.350. The normalized spacial score (nSPS) is 13.8. The summed E-state index contributed by atoms with van der Waals surface area (Å²) in [5.41, 5.74) is 5.72. The van der Waals surface area contributed by atoms with Gasteiger partial charge < -0.3 is 15.0 Å². The van der Waals surface area contributed by atoms with E-state index >= 15 is 0 Å². The number of hydrogen-bond donors (Lipinski definition) is 2. The summed E-state index contributed by atoms with van der Waals surface area (Å²) in [6.07, 6.45) is 0.473. The van der Waals surface area contributed by atoms with Crippen LogP contribution in [0.3, 0.4) is 0 Å². The van der Waals surface area contributed by atoms with Gasteiger partial charge in [-0.15, -0.1) is 0 Å². The minimum Gasteiger partial charge on any atom is -0.481 e. The van der Waals surface area contributed by atoms with Crippen LogP contribution in [0.1, 0.15) is 39.4 Å². The Morgan fingerprint density at radius 3 is 2.81 bits per heavy atom. The highest BCUT2D eigenvalue weighted by atomic mass is 16.4. The highest BCUT2D eigenvalue weighted by Gasteiger charge is 2.24. The summed E-state index contributed by atoms with van der Waals surface area (Å²) in [6, 6.07) is 7.69. The molecule has 2 N–H and O–H groups in total. The van der Waals surface area contributed by atoms with Gasteiger partial charge in [0.05, 0.1) is 30.9 Å². The van der Waals surface area contributed by atoms with Gasteiger partial charge in [0, 0.05) is 35.1 Å². The molecule has 0 saturated heterocycles. The highest BCUT2D eigenvalue weighted by Crippen LogP contribution is 2.24. The van der Waals surface area contributed by atoms with E-state index in [-0.39, 0.29) is 12.3 Å². The number of carboxylic acid groups (broad SMARTS) is 1. The molecule has 0 bridgehead atoms. The molecule has 0 atom stereocenters.